The average molecular weight is 183 g/mol. The second-order valence-corrected chi connectivity index (χ2v) is 4.00. The van der Waals surface area contributed by atoms with Crippen LogP contribution in [0.25, 0.3) is 0 Å². The molecule has 78 valence electrons. The Morgan fingerprint density at radius 1 is 1.23 bits per heavy atom. The van der Waals surface area contributed by atoms with Crippen LogP contribution >= 0.6 is 0 Å². The summed E-state index contributed by atoms with van der Waals surface area (Å²) in [6.45, 7) is 8.13. The molecule has 0 radical (unpaired) electrons. The first-order valence-electron chi connectivity index (χ1n) is 5.58. The lowest BCUT2D eigenvalue weighted by Crippen LogP contribution is -2.38. The summed E-state index contributed by atoms with van der Waals surface area (Å²) in [4.78, 5) is 0. The first-order chi connectivity index (χ1) is 6.18. The molecule has 0 aliphatic heterocycles. The minimum Gasteiger partial charge on any atom is -0.325 e. The van der Waals surface area contributed by atoms with Crippen LogP contribution in [0.4, 0.5) is 0 Å². The van der Waals surface area contributed by atoms with Gasteiger partial charge in [0.15, 0.2) is 0 Å². The van der Waals surface area contributed by atoms with E-state index in [4.69, 9.17) is 5.73 Å². The van der Waals surface area contributed by atoms with Gasteiger partial charge in [0, 0.05) is 5.54 Å². The molecule has 0 amide bonds. The van der Waals surface area contributed by atoms with Crippen molar-refractivity contribution in [3.05, 3.63) is 12.7 Å². The van der Waals surface area contributed by atoms with E-state index in [1.165, 1.54) is 25.7 Å². The summed E-state index contributed by atoms with van der Waals surface area (Å²) in [6, 6.07) is 0. The van der Waals surface area contributed by atoms with Crippen molar-refractivity contribution in [3.8, 4) is 0 Å². The molecule has 0 heterocycles. The number of hydrogen-bond donors (Lipinski definition) is 1. The number of nitrogens with two attached hydrogens (primary N) is 1. The molecule has 0 aliphatic rings. The lowest BCUT2D eigenvalue weighted by molar-refractivity contribution is 0.337. The van der Waals surface area contributed by atoms with E-state index in [2.05, 4.69) is 20.4 Å². The number of allylic oxidation sites excluding steroid dienone is 1. The largest absolute Gasteiger partial charge is 0.325 e. The van der Waals surface area contributed by atoms with Gasteiger partial charge < -0.3 is 5.73 Å². The number of unbranched alkanes of at least 4 members (excludes halogenated alkanes) is 2. The third-order valence-electron chi connectivity index (χ3n) is 2.78. The van der Waals surface area contributed by atoms with Gasteiger partial charge in [-0.2, -0.15) is 0 Å². The molecule has 13 heavy (non-hydrogen) atoms. The molecule has 0 aromatic heterocycles. The summed E-state index contributed by atoms with van der Waals surface area (Å²) >= 11 is 0. The molecule has 0 saturated heterocycles. The fourth-order valence-corrected chi connectivity index (χ4v) is 1.74. The van der Waals surface area contributed by atoms with Crippen molar-refractivity contribution >= 4 is 0 Å². The molecule has 0 bridgehead atoms. The molecule has 1 unspecified atom stereocenters. The highest BCUT2D eigenvalue weighted by Gasteiger charge is 2.20. The number of rotatable bonds is 8. The number of hydrogen-bond acceptors (Lipinski definition) is 1. The highest BCUT2D eigenvalue weighted by atomic mass is 14.7. The Labute approximate surface area is 83.4 Å². The van der Waals surface area contributed by atoms with Gasteiger partial charge >= 0.3 is 0 Å². The topological polar surface area (TPSA) is 26.0 Å². The predicted molar refractivity (Wildman–Crippen MR) is 60.8 cm³/mol. The van der Waals surface area contributed by atoms with Crippen LogP contribution in [0, 0.1) is 0 Å². The molecule has 0 rings (SSSR count). The zero-order chi connectivity index (χ0) is 10.2. The minimum atomic E-state index is 0.107. The summed E-state index contributed by atoms with van der Waals surface area (Å²) < 4.78 is 0. The Balaban J connectivity index is 3.62. The molecule has 1 nitrogen and oxygen atoms in total. The van der Waals surface area contributed by atoms with Gasteiger partial charge in [0.05, 0.1) is 0 Å². The van der Waals surface area contributed by atoms with Crippen LogP contribution in [0.2, 0.25) is 0 Å². The van der Waals surface area contributed by atoms with E-state index in [1.807, 2.05) is 6.08 Å². The fourth-order valence-electron chi connectivity index (χ4n) is 1.74. The molecule has 1 heteroatoms. The first kappa shape index (κ1) is 12.7. The zero-order valence-corrected chi connectivity index (χ0v) is 9.31. The van der Waals surface area contributed by atoms with Crippen molar-refractivity contribution in [1.29, 1.82) is 0 Å². The van der Waals surface area contributed by atoms with Crippen LogP contribution in [-0.4, -0.2) is 5.54 Å². The van der Waals surface area contributed by atoms with Gasteiger partial charge in [0.25, 0.3) is 0 Å². The van der Waals surface area contributed by atoms with Gasteiger partial charge in [-0.25, -0.2) is 0 Å². The van der Waals surface area contributed by atoms with E-state index in [-0.39, 0.29) is 5.54 Å². The lowest BCUT2D eigenvalue weighted by atomic mass is 9.86. The molecular formula is C12H25N. The van der Waals surface area contributed by atoms with Gasteiger partial charge in [-0.3, -0.25) is 0 Å². The van der Waals surface area contributed by atoms with E-state index in [9.17, 15) is 0 Å². The van der Waals surface area contributed by atoms with E-state index >= 15 is 0 Å². The molecule has 0 aromatic rings. The molecule has 0 aromatic carbocycles. The minimum absolute atomic E-state index is 0.107. The molecule has 0 fully saturated rings. The van der Waals surface area contributed by atoms with Crippen molar-refractivity contribution in [2.24, 2.45) is 5.73 Å². The Morgan fingerprint density at radius 2 is 1.92 bits per heavy atom. The van der Waals surface area contributed by atoms with Crippen LogP contribution < -0.4 is 5.73 Å². The quantitative estimate of drug-likeness (QED) is 0.451. The smallest absolute Gasteiger partial charge is 0.0151 e. The van der Waals surface area contributed by atoms with Crippen LogP contribution in [-0.2, 0) is 0 Å². The average Bonchev–Trinajstić information content (AvgIpc) is 2.13. The molecule has 1 atom stereocenters. The van der Waals surface area contributed by atoms with Crippen molar-refractivity contribution in [2.45, 2.75) is 64.3 Å². The Hall–Kier alpha value is -0.300. The Morgan fingerprint density at radius 3 is 2.38 bits per heavy atom. The van der Waals surface area contributed by atoms with E-state index < -0.39 is 0 Å². The summed E-state index contributed by atoms with van der Waals surface area (Å²) in [6.07, 6.45) is 10.3. The highest BCUT2D eigenvalue weighted by Crippen LogP contribution is 2.21. The highest BCUT2D eigenvalue weighted by molar-refractivity contribution is 4.82. The normalized spacial score (nSPS) is 15.3. The van der Waals surface area contributed by atoms with E-state index in [0.717, 1.165) is 19.3 Å². The van der Waals surface area contributed by atoms with Crippen molar-refractivity contribution < 1.29 is 0 Å². The summed E-state index contributed by atoms with van der Waals surface area (Å²) in [5.41, 5.74) is 6.37. The standard InChI is InChI=1S/C12H25N/c1-4-7-8-9-11-12(13,6-3)10-5-2/h4H,1,5-11,13H2,2-3H3. The maximum absolute atomic E-state index is 6.26. The van der Waals surface area contributed by atoms with E-state index in [1.54, 1.807) is 0 Å². The predicted octanol–water partition coefficient (Wildman–Crippen LogP) is 3.64. The van der Waals surface area contributed by atoms with Gasteiger partial charge in [0.1, 0.15) is 0 Å². The SMILES string of the molecule is C=CCCCCC(N)(CC)CCC. The summed E-state index contributed by atoms with van der Waals surface area (Å²) in [5.74, 6) is 0. The molecule has 0 saturated carbocycles. The fraction of sp³-hybridized carbons (Fsp3) is 0.833. The van der Waals surface area contributed by atoms with Crippen molar-refractivity contribution in [2.75, 3.05) is 0 Å². The van der Waals surface area contributed by atoms with E-state index in [0.29, 0.717) is 0 Å². The summed E-state index contributed by atoms with van der Waals surface area (Å²) in [7, 11) is 0. The van der Waals surface area contributed by atoms with Crippen LogP contribution in [0.5, 0.6) is 0 Å². The molecule has 2 N–H and O–H groups in total. The van der Waals surface area contributed by atoms with Gasteiger partial charge in [-0.15, -0.1) is 6.58 Å². The molecule has 0 aliphatic carbocycles. The van der Waals surface area contributed by atoms with Gasteiger partial charge in [0.2, 0.25) is 0 Å². The summed E-state index contributed by atoms with van der Waals surface area (Å²) in [5, 5.41) is 0. The maximum Gasteiger partial charge on any atom is 0.0151 e. The second kappa shape index (κ2) is 7.14. The molecular weight excluding hydrogens is 158 g/mol. The van der Waals surface area contributed by atoms with Crippen molar-refractivity contribution in [1.82, 2.24) is 0 Å². The molecule has 0 spiro atoms. The monoisotopic (exact) mass is 183 g/mol. The third kappa shape index (κ3) is 5.87. The second-order valence-electron chi connectivity index (χ2n) is 4.00. The Kier molecular flexibility index (Phi) is 6.97. The van der Waals surface area contributed by atoms with Crippen LogP contribution in [0.3, 0.4) is 0 Å². The lowest BCUT2D eigenvalue weighted by Gasteiger charge is -2.27. The van der Waals surface area contributed by atoms with Crippen LogP contribution in [0.15, 0.2) is 12.7 Å². The third-order valence-corrected chi connectivity index (χ3v) is 2.78. The van der Waals surface area contributed by atoms with Crippen LogP contribution in [0.1, 0.15) is 58.8 Å². The Bertz CT molecular complexity index is 131. The first-order valence-corrected chi connectivity index (χ1v) is 5.58. The maximum atomic E-state index is 6.26. The van der Waals surface area contributed by atoms with Gasteiger partial charge in [-0.1, -0.05) is 32.8 Å². The van der Waals surface area contributed by atoms with Crippen molar-refractivity contribution in [3.63, 3.8) is 0 Å². The van der Waals surface area contributed by atoms with Gasteiger partial charge in [-0.05, 0) is 32.1 Å². The zero-order valence-electron chi connectivity index (χ0n) is 9.31.